The van der Waals surface area contributed by atoms with Gasteiger partial charge in [-0.25, -0.2) is 19.0 Å². The van der Waals surface area contributed by atoms with Gasteiger partial charge in [-0.05, 0) is 42.8 Å². The summed E-state index contributed by atoms with van der Waals surface area (Å²) < 4.78 is 23.8. The van der Waals surface area contributed by atoms with Crippen molar-refractivity contribution in [2.24, 2.45) is 0 Å². The molecule has 25 heavy (non-hydrogen) atoms. The van der Waals surface area contributed by atoms with Crippen molar-refractivity contribution in [3.8, 4) is 28.7 Å². The number of halogens is 2. The fourth-order valence-electron chi connectivity index (χ4n) is 2.95. The van der Waals surface area contributed by atoms with Crippen molar-refractivity contribution in [2.75, 3.05) is 6.61 Å². The highest BCUT2D eigenvalue weighted by atomic mass is 79.9. The Morgan fingerprint density at radius 2 is 2.04 bits per heavy atom. The number of nitrogens with zero attached hydrogens (tertiary/aromatic N) is 5. The Balaban J connectivity index is 1.89. The van der Waals surface area contributed by atoms with E-state index >= 15 is 0 Å². The van der Waals surface area contributed by atoms with Gasteiger partial charge in [-0.2, -0.15) is 5.10 Å². The summed E-state index contributed by atoms with van der Waals surface area (Å²) in [4.78, 5) is 9.30. The molecule has 4 rings (SSSR count). The molecule has 0 radical (unpaired) electrons. The molecule has 0 saturated heterocycles. The van der Waals surface area contributed by atoms with Crippen LogP contribution in [0.4, 0.5) is 4.39 Å². The summed E-state index contributed by atoms with van der Waals surface area (Å²) in [6.07, 6.45) is 1.95. The van der Waals surface area contributed by atoms with Crippen LogP contribution >= 0.6 is 15.9 Å². The molecule has 0 spiro atoms. The van der Waals surface area contributed by atoms with E-state index in [0.717, 1.165) is 22.9 Å². The highest BCUT2D eigenvalue weighted by Gasteiger charge is 2.23. The second kappa shape index (κ2) is 5.94. The van der Waals surface area contributed by atoms with Crippen LogP contribution in [0.1, 0.15) is 25.7 Å². The fourth-order valence-corrected chi connectivity index (χ4v) is 3.29. The Kier molecular flexibility index (Phi) is 3.87. The molecule has 0 unspecified atom stereocenters. The molecule has 1 aromatic carbocycles. The molecule has 8 heteroatoms. The van der Waals surface area contributed by atoms with Crippen molar-refractivity contribution in [2.45, 2.75) is 33.4 Å². The van der Waals surface area contributed by atoms with Gasteiger partial charge in [0.15, 0.2) is 5.82 Å². The molecule has 1 aliphatic heterocycles. The molecule has 130 valence electrons. The van der Waals surface area contributed by atoms with Crippen LogP contribution in [0, 0.1) is 12.7 Å². The summed E-state index contributed by atoms with van der Waals surface area (Å²) in [5, 5.41) is 4.46. The van der Waals surface area contributed by atoms with E-state index in [-0.39, 0.29) is 11.9 Å². The Morgan fingerprint density at radius 1 is 1.24 bits per heavy atom. The smallest absolute Gasteiger partial charge is 0.178 e. The zero-order chi connectivity index (χ0) is 17.7. The van der Waals surface area contributed by atoms with Crippen LogP contribution in [0.15, 0.2) is 22.8 Å². The summed E-state index contributed by atoms with van der Waals surface area (Å²) in [5.74, 6) is 2.32. The molecule has 0 saturated carbocycles. The largest absolute Gasteiger partial charge is 0.491 e. The van der Waals surface area contributed by atoms with E-state index in [0.29, 0.717) is 29.2 Å². The molecule has 0 bridgehead atoms. The van der Waals surface area contributed by atoms with Gasteiger partial charge in [0.05, 0.1) is 16.6 Å². The third kappa shape index (κ3) is 2.74. The SMILES string of the molecule is Cc1nc(-c2cn3c(n2)-c2cc(Br)c(F)cc2OCC3)n(C(C)C)n1. The summed E-state index contributed by atoms with van der Waals surface area (Å²) in [5.41, 5.74) is 1.50. The Morgan fingerprint density at radius 3 is 2.80 bits per heavy atom. The topological polar surface area (TPSA) is 57.8 Å². The number of fused-ring (bicyclic) bond motifs is 3. The van der Waals surface area contributed by atoms with Crippen LogP contribution in [-0.4, -0.2) is 30.9 Å². The first-order chi connectivity index (χ1) is 11.9. The first kappa shape index (κ1) is 16.3. The highest BCUT2D eigenvalue weighted by molar-refractivity contribution is 9.10. The molecule has 0 aliphatic carbocycles. The number of aryl methyl sites for hydroxylation is 1. The Labute approximate surface area is 152 Å². The summed E-state index contributed by atoms with van der Waals surface area (Å²) in [6, 6.07) is 3.28. The van der Waals surface area contributed by atoms with Crippen LogP contribution in [0.3, 0.4) is 0 Å². The summed E-state index contributed by atoms with van der Waals surface area (Å²) in [6.45, 7) is 7.06. The third-order valence-corrected chi connectivity index (χ3v) is 4.69. The van der Waals surface area contributed by atoms with Crippen LogP contribution in [-0.2, 0) is 6.54 Å². The van der Waals surface area contributed by atoms with Crippen molar-refractivity contribution in [3.05, 3.63) is 34.4 Å². The number of rotatable bonds is 2. The highest BCUT2D eigenvalue weighted by Crippen LogP contribution is 2.37. The lowest BCUT2D eigenvalue weighted by atomic mass is 10.2. The average Bonchev–Trinajstić information content (AvgIpc) is 3.10. The molecule has 0 fully saturated rings. The van der Waals surface area contributed by atoms with Crippen molar-refractivity contribution >= 4 is 15.9 Å². The van der Waals surface area contributed by atoms with E-state index in [1.165, 1.54) is 6.07 Å². The van der Waals surface area contributed by atoms with Crippen molar-refractivity contribution < 1.29 is 9.13 Å². The van der Waals surface area contributed by atoms with Gasteiger partial charge in [0.2, 0.25) is 0 Å². The number of hydrogen-bond acceptors (Lipinski definition) is 4. The molecule has 0 amide bonds. The molecule has 0 N–H and O–H groups in total. The molecule has 3 heterocycles. The van der Waals surface area contributed by atoms with Gasteiger partial charge in [0, 0.05) is 18.3 Å². The van der Waals surface area contributed by atoms with Crippen LogP contribution in [0.2, 0.25) is 0 Å². The molecule has 0 atom stereocenters. The van der Waals surface area contributed by atoms with E-state index in [1.807, 2.05) is 22.4 Å². The quantitative estimate of drug-likeness (QED) is 0.646. The number of aromatic nitrogens is 5. The van der Waals surface area contributed by atoms with Crippen molar-refractivity contribution in [3.63, 3.8) is 0 Å². The second-order valence-corrected chi connectivity index (χ2v) is 7.13. The van der Waals surface area contributed by atoms with Crippen molar-refractivity contribution in [1.29, 1.82) is 0 Å². The minimum atomic E-state index is -0.353. The van der Waals surface area contributed by atoms with Crippen LogP contribution in [0.25, 0.3) is 22.9 Å². The van der Waals surface area contributed by atoms with Gasteiger partial charge in [-0.3, -0.25) is 0 Å². The molecule has 2 aromatic heterocycles. The van der Waals surface area contributed by atoms with Gasteiger partial charge in [0.1, 0.15) is 35.5 Å². The van der Waals surface area contributed by atoms with Crippen LogP contribution < -0.4 is 4.74 Å². The van der Waals surface area contributed by atoms with E-state index in [1.54, 1.807) is 6.07 Å². The first-order valence-corrected chi connectivity index (χ1v) is 8.86. The van der Waals surface area contributed by atoms with E-state index in [4.69, 9.17) is 9.72 Å². The molecular weight excluding hydrogens is 389 g/mol. The second-order valence-electron chi connectivity index (χ2n) is 6.28. The molecule has 1 aliphatic rings. The van der Waals surface area contributed by atoms with Gasteiger partial charge in [-0.1, -0.05) is 0 Å². The lowest BCUT2D eigenvalue weighted by molar-refractivity contribution is 0.305. The normalized spacial score (nSPS) is 13.4. The summed E-state index contributed by atoms with van der Waals surface area (Å²) >= 11 is 3.24. The van der Waals surface area contributed by atoms with Crippen LogP contribution in [0.5, 0.6) is 5.75 Å². The predicted molar refractivity (Wildman–Crippen MR) is 95.0 cm³/mol. The first-order valence-electron chi connectivity index (χ1n) is 8.07. The Bertz CT molecular complexity index is 962. The molecule has 6 nitrogen and oxygen atoms in total. The standard InChI is InChI=1S/C17H17BrFN5O/c1-9(2)24-17(20-10(3)22-24)14-8-23-4-5-25-15-7-13(19)12(18)6-11(15)16(23)21-14/h6-9H,4-5H2,1-3H3. The maximum absolute atomic E-state index is 13.9. The van der Waals surface area contributed by atoms with Gasteiger partial charge >= 0.3 is 0 Å². The monoisotopic (exact) mass is 405 g/mol. The molecular formula is C17H17BrFN5O. The fraction of sp³-hybridized carbons (Fsp3) is 0.353. The zero-order valence-electron chi connectivity index (χ0n) is 14.1. The number of benzene rings is 1. The minimum absolute atomic E-state index is 0.177. The zero-order valence-corrected chi connectivity index (χ0v) is 15.7. The predicted octanol–water partition coefficient (Wildman–Crippen LogP) is 3.99. The van der Waals surface area contributed by atoms with Gasteiger partial charge in [-0.15, -0.1) is 0 Å². The summed E-state index contributed by atoms with van der Waals surface area (Å²) in [7, 11) is 0. The van der Waals surface area contributed by atoms with E-state index < -0.39 is 0 Å². The maximum Gasteiger partial charge on any atom is 0.178 e. The average molecular weight is 406 g/mol. The van der Waals surface area contributed by atoms with Gasteiger partial charge in [0.25, 0.3) is 0 Å². The van der Waals surface area contributed by atoms with Crippen molar-refractivity contribution in [1.82, 2.24) is 24.3 Å². The minimum Gasteiger partial charge on any atom is -0.491 e. The number of hydrogen-bond donors (Lipinski definition) is 0. The van der Waals surface area contributed by atoms with E-state index in [2.05, 4.69) is 39.9 Å². The number of imidazole rings is 1. The molecule has 3 aromatic rings. The third-order valence-electron chi connectivity index (χ3n) is 4.09. The van der Waals surface area contributed by atoms with E-state index in [9.17, 15) is 4.39 Å². The lowest BCUT2D eigenvalue weighted by Gasteiger charge is -2.08. The number of ether oxygens (including phenoxy) is 1. The maximum atomic E-state index is 13.9. The Hall–Kier alpha value is -2.22. The van der Waals surface area contributed by atoms with Gasteiger partial charge < -0.3 is 9.30 Å². The lowest BCUT2D eigenvalue weighted by Crippen LogP contribution is -2.06.